The first-order chi connectivity index (χ1) is 9.83. The lowest BCUT2D eigenvalue weighted by atomic mass is 9.83. The van der Waals surface area contributed by atoms with Crippen LogP contribution in [-0.2, 0) is 0 Å². The van der Waals surface area contributed by atoms with E-state index in [0.29, 0.717) is 0 Å². The molecule has 0 radical (unpaired) electrons. The van der Waals surface area contributed by atoms with Crippen LogP contribution in [0, 0.1) is 5.92 Å². The monoisotopic (exact) mass is 275 g/mol. The molecule has 3 heteroatoms. The molecule has 1 aliphatic carbocycles. The van der Waals surface area contributed by atoms with Crippen molar-refractivity contribution in [3.8, 4) is 11.5 Å². The summed E-state index contributed by atoms with van der Waals surface area (Å²) in [4.78, 5) is 0. The van der Waals surface area contributed by atoms with Crippen molar-refractivity contribution in [1.29, 1.82) is 0 Å². The molecular formula is C17H25NO2. The number of nitrogens with two attached hydrogens (primary N) is 1. The molecule has 0 bridgehead atoms. The zero-order valence-electron chi connectivity index (χ0n) is 12.1. The first-order valence-electron chi connectivity index (χ1n) is 7.98. The Balaban J connectivity index is 1.67. The lowest BCUT2D eigenvalue weighted by Gasteiger charge is -2.25. The van der Waals surface area contributed by atoms with Crippen molar-refractivity contribution in [2.24, 2.45) is 11.7 Å². The van der Waals surface area contributed by atoms with Gasteiger partial charge in [-0.15, -0.1) is 0 Å². The summed E-state index contributed by atoms with van der Waals surface area (Å²) in [5.74, 6) is 2.52. The summed E-state index contributed by atoms with van der Waals surface area (Å²) < 4.78 is 11.4. The van der Waals surface area contributed by atoms with E-state index in [0.717, 1.165) is 43.5 Å². The summed E-state index contributed by atoms with van der Waals surface area (Å²) in [6.07, 6.45) is 8.88. The molecule has 2 aliphatic rings. The van der Waals surface area contributed by atoms with Gasteiger partial charge in [-0.1, -0.05) is 38.2 Å². The highest BCUT2D eigenvalue weighted by molar-refractivity contribution is 5.44. The van der Waals surface area contributed by atoms with Gasteiger partial charge in [-0.05, 0) is 30.0 Å². The lowest BCUT2D eigenvalue weighted by Crippen LogP contribution is -2.17. The minimum atomic E-state index is 0.121. The quantitative estimate of drug-likeness (QED) is 0.912. The average molecular weight is 275 g/mol. The van der Waals surface area contributed by atoms with Gasteiger partial charge in [0.2, 0.25) is 0 Å². The van der Waals surface area contributed by atoms with Gasteiger partial charge in [0.05, 0.1) is 13.2 Å². The van der Waals surface area contributed by atoms with E-state index in [2.05, 4.69) is 12.1 Å². The molecule has 1 aromatic carbocycles. The summed E-state index contributed by atoms with van der Waals surface area (Å²) in [5, 5.41) is 0. The summed E-state index contributed by atoms with van der Waals surface area (Å²) in [7, 11) is 0. The van der Waals surface area contributed by atoms with E-state index in [1.54, 1.807) is 0 Å². The van der Waals surface area contributed by atoms with Crippen LogP contribution in [0.4, 0.5) is 0 Å². The van der Waals surface area contributed by atoms with Crippen molar-refractivity contribution in [1.82, 2.24) is 0 Å². The molecule has 0 amide bonds. The zero-order chi connectivity index (χ0) is 13.8. The number of hydrogen-bond acceptors (Lipinski definition) is 3. The molecule has 1 aliphatic heterocycles. The van der Waals surface area contributed by atoms with E-state index in [1.165, 1.54) is 37.7 Å². The second-order valence-corrected chi connectivity index (χ2v) is 6.10. The summed E-state index contributed by atoms with van der Waals surface area (Å²) >= 11 is 0. The third kappa shape index (κ3) is 3.26. The fourth-order valence-electron chi connectivity index (χ4n) is 3.33. The molecule has 0 saturated heterocycles. The predicted molar refractivity (Wildman–Crippen MR) is 80.2 cm³/mol. The van der Waals surface area contributed by atoms with Crippen molar-refractivity contribution in [3.63, 3.8) is 0 Å². The lowest BCUT2D eigenvalue weighted by molar-refractivity contribution is 0.296. The number of ether oxygens (including phenoxy) is 2. The van der Waals surface area contributed by atoms with Crippen LogP contribution >= 0.6 is 0 Å². The van der Waals surface area contributed by atoms with Crippen molar-refractivity contribution >= 4 is 0 Å². The van der Waals surface area contributed by atoms with Crippen LogP contribution < -0.4 is 15.2 Å². The molecule has 1 atom stereocenters. The second-order valence-electron chi connectivity index (χ2n) is 6.10. The third-order valence-electron chi connectivity index (χ3n) is 4.51. The zero-order valence-corrected chi connectivity index (χ0v) is 12.1. The predicted octanol–water partition coefficient (Wildman–Crippen LogP) is 3.82. The number of hydrogen-bond donors (Lipinski definition) is 1. The third-order valence-corrected chi connectivity index (χ3v) is 4.51. The minimum Gasteiger partial charge on any atom is -0.490 e. The Labute approximate surface area is 121 Å². The number of fused-ring (bicyclic) bond motifs is 1. The van der Waals surface area contributed by atoms with E-state index >= 15 is 0 Å². The van der Waals surface area contributed by atoms with Crippen molar-refractivity contribution in [3.05, 3.63) is 23.8 Å². The number of rotatable bonds is 3. The molecule has 3 rings (SSSR count). The van der Waals surface area contributed by atoms with Gasteiger partial charge in [-0.2, -0.15) is 0 Å². The minimum absolute atomic E-state index is 0.121. The molecule has 1 unspecified atom stereocenters. The summed E-state index contributed by atoms with van der Waals surface area (Å²) in [6.45, 7) is 1.47. The van der Waals surface area contributed by atoms with Gasteiger partial charge in [0, 0.05) is 12.5 Å². The Bertz CT molecular complexity index is 441. The van der Waals surface area contributed by atoms with Gasteiger partial charge in [0.1, 0.15) is 0 Å². The second kappa shape index (κ2) is 6.49. The normalized spacial score (nSPS) is 21.2. The fourth-order valence-corrected chi connectivity index (χ4v) is 3.33. The molecular weight excluding hydrogens is 250 g/mol. The largest absolute Gasteiger partial charge is 0.490 e. The summed E-state index contributed by atoms with van der Waals surface area (Å²) in [5.41, 5.74) is 7.58. The Hall–Kier alpha value is -1.22. The van der Waals surface area contributed by atoms with Crippen LogP contribution in [0.3, 0.4) is 0 Å². The van der Waals surface area contributed by atoms with Crippen LogP contribution in [0.25, 0.3) is 0 Å². The maximum absolute atomic E-state index is 6.40. The van der Waals surface area contributed by atoms with Gasteiger partial charge < -0.3 is 15.2 Å². The molecule has 1 saturated carbocycles. The molecule has 1 heterocycles. The van der Waals surface area contributed by atoms with Gasteiger partial charge in [-0.3, -0.25) is 0 Å². The van der Waals surface area contributed by atoms with Gasteiger partial charge in [-0.25, -0.2) is 0 Å². The van der Waals surface area contributed by atoms with Gasteiger partial charge >= 0.3 is 0 Å². The van der Waals surface area contributed by atoms with E-state index in [9.17, 15) is 0 Å². The molecule has 1 aromatic rings. The van der Waals surface area contributed by atoms with Crippen molar-refractivity contribution in [2.75, 3.05) is 13.2 Å². The van der Waals surface area contributed by atoms with Crippen LogP contribution in [0.5, 0.6) is 11.5 Å². The molecule has 1 fully saturated rings. The molecule has 2 N–H and O–H groups in total. The highest BCUT2D eigenvalue weighted by Crippen LogP contribution is 2.35. The molecule has 0 spiro atoms. The highest BCUT2D eigenvalue weighted by Gasteiger charge is 2.19. The highest BCUT2D eigenvalue weighted by atomic mass is 16.5. The fraction of sp³-hybridized carbons (Fsp3) is 0.647. The van der Waals surface area contributed by atoms with Crippen molar-refractivity contribution in [2.45, 2.75) is 51.0 Å². The SMILES string of the molecule is NC(CC1CCCCC1)c1ccc2c(c1)OCCCO2. The van der Waals surface area contributed by atoms with E-state index in [-0.39, 0.29) is 6.04 Å². The average Bonchev–Trinajstić information content (AvgIpc) is 2.72. The first-order valence-corrected chi connectivity index (χ1v) is 7.98. The van der Waals surface area contributed by atoms with Crippen LogP contribution in [0.2, 0.25) is 0 Å². The molecule has 3 nitrogen and oxygen atoms in total. The van der Waals surface area contributed by atoms with Crippen LogP contribution in [-0.4, -0.2) is 13.2 Å². The van der Waals surface area contributed by atoms with Crippen molar-refractivity contribution < 1.29 is 9.47 Å². The molecule has 20 heavy (non-hydrogen) atoms. The van der Waals surface area contributed by atoms with Gasteiger partial charge in [0.25, 0.3) is 0 Å². The Kier molecular flexibility index (Phi) is 4.46. The maximum atomic E-state index is 6.40. The van der Waals surface area contributed by atoms with Crippen LogP contribution in [0.1, 0.15) is 56.6 Å². The topological polar surface area (TPSA) is 44.5 Å². The Morgan fingerprint density at radius 3 is 2.55 bits per heavy atom. The molecule has 0 aromatic heterocycles. The van der Waals surface area contributed by atoms with E-state index < -0.39 is 0 Å². The van der Waals surface area contributed by atoms with Gasteiger partial charge in [0.15, 0.2) is 11.5 Å². The Morgan fingerprint density at radius 1 is 1.00 bits per heavy atom. The first kappa shape index (κ1) is 13.7. The maximum Gasteiger partial charge on any atom is 0.161 e. The van der Waals surface area contributed by atoms with E-state index in [4.69, 9.17) is 15.2 Å². The Morgan fingerprint density at radius 2 is 1.75 bits per heavy atom. The molecule has 110 valence electrons. The van der Waals surface area contributed by atoms with Crippen LogP contribution in [0.15, 0.2) is 18.2 Å². The smallest absolute Gasteiger partial charge is 0.161 e. The number of benzene rings is 1. The summed E-state index contributed by atoms with van der Waals surface area (Å²) in [6, 6.07) is 6.31. The van der Waals surface area contributed by atoms with E-state index in [1.807, 2.05) is 6.07 Å². The standard InChI is InChI=1S/C17H25NO2/c18-15(11-13-5-2-1-3-6-13)14-7-8-16-17(12-14)20-10-4-9-19-16/h7-8,12-13,15H,1-6,9-11,18H2.